The fourth-order valence-corrected chi connectivity index (χ4v) is 2.83. The predicted octanol–water partition coefficient (Wildman–Crippen LogP) is 0.245. The van der Waals surface area contributed by atoms with Gasteiger partial charge in [0.1, 0.15) is 11.6 Å². The van der Waals surface area contributed by atoms with Crippen LogP contribution in [-0.4, -0.2) is 45.2 Å². The van der Waals surface area contributed by atoms with Crippen LogP contribution in [0.2, 0.25) is 0 Å². The molecule has 6 heteroatoms. The summed E-state index contributed by atoms with van der Waals surface area (Å²) in [4.78, 5) is 0. The fourth-order valence-electron chi connectivity index (χ4n) is 2.83. The Morgan fingerprint density at radius 2 is 2.11 bits per heavy atom. The molecule has 1 saturated heterocycles. The lowest BCUT2D eigenvalue weighted by Gasteiger charge is -2.32. The molecule has 2 aliphatic rings. The number of fused-ring (bicyclic) bond motifs is 1. The summed E-state index contributed by atoms with van der Waals surface area (Å²) in [5.41, 5.74) is -0.622. The van der Waals surface area contributed by atoms with E-state index in [2.05, 4.69) is 20.1 Å². The lowest BCUT2D eigenvalue weighted by Crippen LogP contribution is -2.45. The van der Waals surface area contributed by atoms with Gasteiger partial charge in [-0.1, -0.05) is 0 Å². The van der Waals surface area contributed by atoms with Gasteiger partial charge in [0.2, 0.25) is 0 Å². The first-order valence-corrected chi connectivity index (χ1v) is 7.19. The average molecular weight is 266 g/mol. The highest BCUT2D eigenvalue weighted by Crippen LogP contribution is 2.19. The molecule has 0 amide bonds. The van der Waals surface area contributed by atoms with Gasteiger partial charge in [-0.05, 0) is 12.8 Å². The van der Waals surface area contributed by atoms with Crippen LogP contribution >= 0.6 is 0 Å². The molecular weight excluding hydrogens is 244 g/mol. The Hall–Kier alpha value is -0.980. The normalized spacial score (nSPS) is 22.2. The number of nitrogens with zero attached hydrogens (tertiary/aromatic N) is 3. The molecule has 3 heterocycles. The van der Waals surface area contributed by atoms with E-state index in [9.17, 15) is 5.11 Å². The highest BCUT2D eigenvalue weighted by molar-refractivity contribution is 4.99. The molecule has 1 fully saturated rings. The summed E-state index contributed by atoms with van der Waals surface area (Å²) in [7, 11) is 0. The fraction of sp³-hybridized carbons (Fsp3) is 0.846. The molecule has 0 aliphatic carbocycles. The first-order chi connectivity index (χ1) is 9.27. The zero-order valence-electron chi connectivity index (χ0n) is 11.3. The maximum absolute atomic E-state index is 10.4. The van der Waals surface area contributed by atoms with E-state index in [1.54, 1.807) is 0 Å². The first kappa shape index (κ1) is 13.0. The second kappa shape index (κ2) is 5.56. The highest BCUT2D eigenvalue weighted by Gasteiger charge is 2.29. The molecule has 1 aromatic rings. The van der Waals surface area contributed by atoms with Crippen molar-refractivity contribution in [2.45, 2.75) is 50.8 Å². The van der Waals surface area contributed by atoms with Crippen LogP contribution in [0.3, 0.4) is 0 Å². The van der Waals surface area contributed by atoms with Crippen molar-refractivity contribution < 1.29 is 9.84 Å². The van der Waals surface area contributed by atoms with Crippen LogP contribution in [-0.2, 0) is 24.2 Å². The molecule has 0 atom stereocenters. The van der Waals surface area contributed by atoms with E-state index in [-0.39, 0.29) is 0 Å². The molecule has 2 aliphatic heterocycles. The van der Waals surface area contributed by atoms with Crippen LogP contribution in [0.5, 0.6) is 0 Å². The second-order valence-corrected chi connectivity index (χ2v) is 5.58. The number of hydrogen-bond acceptors (Lipinski definition) is 5. The topological polar surface area (TPSA) is 72.2 Å². The molecule has 6 nitrogen and oxygen atoms in total. The van der Waals surface area contributed by atoms with Crippen molar-refractivity contribution >= 4 is 0 Å². The summed E-state index contributed by atoms with van der Waals surface area (Å²) < 4.78 is 7.49. The molecule has 19 heavy (non-hydrogen) atoms. The summed E-state index contributed by atoms with van der Waals surface area (Å²) >= 11 is 0. The van der Waals surface area contributed by atoms with Gasteiger partial charge in [-0.15, -0.1) is 10.2 Å². The van der Waals surface area contributed by atoms with Gasteiger partial charge in [-0.2, -0.15) is 0 Å². The van der Waals surface area contributed by atoms with Gasteiger partial charge in [0.05, 0.1) is 12.1 Å². The van der Waals surface area contributed by atoms with E-state index in [4.69, 9.17) is 4.74 Å². The number of aromatic nitrogens is 3. The number of aryl methyl sites for hydroxylation is 1. The van der Waals surface area contributed by atoms with E-state index in [1.807, 2.05) is 0 Å². The van der Waals surface area contributed by atoms with Crippen molar-refractivity contribution in [1.29, 1.82) is 0 Å². The van der Waals surface area contributed by atoms with Crippen molar-refractivity contribution in [2.75, 3.05) is 19.8 Å². The minimum Gasteiger partial charge on any atom is -0.388 e. The molecule has 0 spiro atoms. The van der Waals surface area contributed by atoms with E-state index in [0.717, 1.165) is 24.6 Å². The van der Waals surface area contributed by atoms with Gasteiger partial charge in [0.25, 0.3) is 0 Å². The largest absolute Gasteiger partial charge is 0.388 e. The molecule has 0 saturated carbocycles. The third-order valence-electron chi connectivity index (χ3n) is 4.10. The Bertz CT molecular complexity index is 426. The van der Waals surface area contributed by atoms with E-state index in [0.29, 0.717) is 39.1 Å². The molecule has 0 bridgehead atoms. The lowest BCUT2D eigenvalue weighted by molar-refractivity contribution is -0.0617. The van der Waals surface area contributed by atoms with Gasteiger partial charge in [-0.3, -0.25) is 0 Å². The SMILES string of the molecule is OC1(CNCc2nnc3n2CCCC3)CCOCC1. The van der Waals surface area contributed by atoms with E-state index < -0.39 is 5.60 Å². The van der Waals surface area contributed by atoms with Gasteiger partial charge < -0.3 is 19.7 Å². The number of aliphatic hydroxyl groups is 1. The zero-order chi connectivity index (χ0) is 13.1. The average Bonchev–Trinajstić information content (AvgIpc) is 2.83. The van der Waals surface area contributed by atoms with E-state index in [1.165, 1.54) is 12.8 Å². The highest BCUT2D eigenvalue weighted by atomic mass is 16.5. The Kier molecular flexibility index (Phi) is 3.81. The van der Waals surface area contributed by atoms with Crippen molar-refractivity contribution in [3.63, 3.8) is 0 Å². The number of rotatable bonds is 4. The quantitative estimate of drug-likeness (QED) is 0.817. The number of nitrogens with one attached hydrogen (secondary N) is 1. The Morgan fingerprint density at radius 1 is 1.26 bits per heavy atom. The standard InChI is InChI=1S/C13H22N4O2/c18-13(4-7-19-8-5-13)10-14-9-12-16-15-11-3-1-2-6-17(11)12/h14,18H,1-10H2. The van der Waals surface area contributed by atoms with Crippen molar-refractivity contribution in [1.82, 2.24) is 20.1 Å². The molecule has 0 unspecified atom stereocenters. The molecule has 0 radical (unpaired) electrons. The summed E-state index contributed by atoms with van der Waals surface area (Å²) in [6.45, 7) is 3.60. The molecule has 0 aromatic carbocycles. The minimum atomic E-state index is -0.622. The third-order valence-corrected chi connectivity index (χ3v) is 4.10. The van der Waals surface area contributed by atoms with Gasteiger partial charge >= 0.3 is 0 Å². The van der Waals surface area contributed by atoms with Crippen molar-refractivity contribution in [3.8, 4) is 0 Å². The molecule has 2 N–H and O–H groups in total. The molecule has 3 rings (SSSR count). The molecular formula is C13H22N4O2. The third kappa shape index (κ3) is 2.96. The Labute approximate surface area is 113 Å². The summed E-state index contributed by atoms with van der Waals surface area (Å²) in [5.74, 6) is 2.10. The van der Waals surface area contributed by atoms with E-state index >= 15 is 0 Å². The van der Waals surface area contributed by atoms with Gasteiger partial charge in [-0.25, -0.2) is 0 Å². The molecule has 1 aromatic heterocycles. The summed E-state index contributed by atoms with van der Waals surface area (Å²) in [5, 5.41) is 22.1. The summed E-state index contributed by atoms with van der Waals surface area (Å²) in [6.07, 6.45) is 4.87. The van der Waals surface area contributed by atoms with Crippen LogP contribution in [0.1, 0.15) is 37.3 Å². The Morgan fingerprint density at radius 3 is 2.95 bits per heavy atom. The van der Waals surface area contributed by atoms with Gasteiger partial charge in [0, 0.05) is 45.6 Å². The second-order valence-electron chi connectivity index (χ2n) is 5.58. The smallest absolute Gasteiger partial charge is 0.147 e. The van der Waals surface area contributed by atoms with Crippen LogP contribution < -0.4 is 5.32 Å². The molecule has 106 valence electrons. The number of ether oxygens (including phenoxy) is 1. The maximum Gasteiger partial charge on any atom is 0.147 e. The minimum absolute atomic E-state index is 0.596. The number of hydrogen-bond donors (Lipinski definition) is 2. The lowest BCUT2D eigenvalue weighted by atomic mass is 9.94. The monoisotopic (exact) mass is 266 g/mol. The van der Waals surface area contributed by atoms with Crippen LogP contribution in [0.15, 0.2) is 0 Å². The Balaban J connectivity index is 1.53. The summed E-state index contributed by atoms with van der Waals surface area (Å²) in [6, 6.07) is 0. The maximum atomic E-state index is 10.4. The van der Waals surface area contributed by atoms with Crippen molar-refractivity contribution in [2.24, 2.45) is 0 Å². The zero-order valence-corrected chi connectivity index (χ0v) is 11.3. The first-order valence-electron chi connectivity index (χ1n) is 7.19. The van der Waals surface area contributed by atoms with Crippen LogP contribution in [0.25, 0.3) is 0 Å². The van der Waals surface area contributed by atoms with Gasteiger partial charge in [0.15, 0.2) is 0 Å². The van der Waals surface area contributed by atoms with Crippen molar-refractivity contribution in [3.05, 3.63) is 11.6 Å². The van der Waals surface area contributed by atoms with Crippen LogP contribution in [0, 0.1) is 0 Å². The predicted molar refractivity (Wildman–Crippen MR) is 69.7 cm³/mol. The van der Waals surface area contributed by atoms with Crippen LogP contribution in [0.4, 0.5) is 0 Å².